The molecule has 0 spiro atoms. The van der Waals surface area contributed by atoms with Crippen LogP contribution in [-0.4, -0.2) is 14.5 Å². The van der Waals surface area contributed by atoms with Gasteiger partial charge in [0.05, 0.1) is 22.4 Å². The third kappa shape index (κ3) is 3.74. The van der Waals surface area contributed by atoms with E-state index in [0.717, 1.165) is 66.6 Å². The van der Waals surface area contributed by atoms with Crippen molar-refractivity contribution in [2.45, 2.75) is 0 Å². The summed E-state index contributed by atoms with van der Waals surface area (Å²) in [5, 5.41) is 7.09. The van der Waals surface area contributed by atoms with Crippen LogP contribution in [0.3, 0.4) is 0 Å². The van der Waals surface area contributed by atoms with Gasteiger partial charge < -0.3 is 4.42 Å². The van der Waals surface area contributed by atoms with Crippen molar-refractivity contribution in [3.63, 3.8) is 0 Å². The van der Waals surface area contributed by atoms with E-state index < -0.39 is 0 Å². The van der Waals surface area contributed by atoms with Crippen LogP contribution in [0.4, 0.5) is 0 Å². The van der Waals surface area contributed by atoms with Crippen LogP contribution < -0.4 is 0 Å². The fourth-order valence-electron chi connectivity index (χ4n) is 7.03. The first-order valence-electron chi connectivity index (χ1n) is 15.5. The van der Waals surface area contributed by atoms with E-state index >= 15 is 0 Å². The van der Waals surface area contributed by atoms with Crippen LogP contribution in [0.1, 0.15) is 0 Å². The highest BCUT2D eigenvalue weighted by molar-refractivity contribution is 6.25. The number of benzene rings is 7. The smallest absolute Gasteiger partial charge is 0.235 e. The van der Waals surface area contributed by atoms with Gasteiger partial charge >= 0.3 is 0 Å². The quantitative estimate of drug-likeness (QED) is 0.192. The van der Waals surface area contributed by atoms with Crippen molar-refractivity contribution in [1.29, 1.82) is 0 Å². The standard InChI is InChI=1S/C42H25N3O/c1-3-10-26(11-4-1)34-25-35(27-12-5-2-6-13-27)44-42(43-34)45-36-16-9-14-28-18-19-30-22-31(24-37(45)41(30)40(28)36)29-20-21-39-33(23-29)32-15-7-8-17-38(32)46-39/h1-25H. The molecule has 0 atom stereocenters. The van der Waals surface area contributed by atoms with Gasteiger partial charge in [0.25, 0.3) is 0 Å². The van der Waals surface area contributed by atoms with Gasteiger partial charge in [0.1, 0.15) is 11.2 Å². The molecule has 0 aliphatic carbocycles. The Kier molecular flexibility index (Phi) is 5.25. The monoisotopic (exact) mass is 587 g/mol. The van der Waals surface area contributed by atoms with Gasteiger partial charge in [-0.1, -0.05) is 109 Å². The average Bonchev–Trinajstić information content (AvgIpc) is 3.67. The maximum absolute atomic E-state index is 6.15. The fourth-order valence-corrected chi connectivity index (χ4v) is 7.03. The number of rotatable bonds is 4. The highest BCUT2D eigenvalue weighted by Crippen LogP contribution is 2.42. The minimum absolute atomic E-state index is 0.652. The Morgan fingerprint density at radius 1 is 0.413 bits per heavy atom. The maximum atomic E-state index is 6.15. The Hall–Kier alpha value is -6.26. The highest BCUT2D eigenvalue weighted by atomic mass is 16.3. The van der Waals surface area contributed by atoms with E-state index in [1.165, 1.54) is 21.5 Å². The number of nitrogens with zero attached hydrogens (tertiary/aromatic N) is 3. The number of hydrogen-bond donors (Lipinski definition) is 0. The van der Waals surface area contributed by atoms with Crippen LogP contribution in [0.5, 0.6) is 0 Å². The van der Waals surface area contributed by atoms with Gasteiger partial charge in [0, 0.05) is 32.7 Å². The predicted molar refractivity (Wildman–Crippen MR) is 189 cm³/mol. The SMILES string of the molecule is c1ccc(-c2cc(-c3ccccc3)nc(-n3c4cccc5ccc6cc(-c7ccc8oc9ccccc9c8c7)cc3c6c54)n2)cc1. The molecule has 0 unspecified atom stereocenters. The molecule has 46 heavy (non-hydrogen) atoms. The van der Waals surface area contributed by atoms with E-state index in [9.17, 15) is 0 Å². The molecule has 3 heterocycles. The van der Waals surface area contributed by atoms with E-state index in [1.807, 2.05) is 24.3 Å². The topological polar surface area (TPSA) is 43.9 Å². The summed E-state index contributed by atoms with van der Waals surface area (Å²) in [5.74, 6) is 0.652. The molecule has 4 heteroatoms. The molecule has 10 rings (SSSR count). The van der Waals surface area contributed by atoms with Crippen molar-refractivity contribution in [2.75, 3.05) is 0 Å². The van der Waals surface area contributed by atoms with Crippen LogP contribution in [0, 0.1) is 0 Å². The number of aromatic nitrogens is 3. The van der Waals surface area contributed by atoms with Crippen LogP contribution in [0.15, 0.2) is 156 Å². The molecule has 0 bridgehead atoms. The zero-order chi connectivity index (χ0) is 30.2. The van der Waals surface area contributed by atoms with Gasteiger partial charge in [-0.05, 0) is 64.4 Å². The highest BCUT2D eigenvalue weighted by Gasteiger charge is 2.21. The summed E-state index contributed by atoms with van der Waals surface area (Å²) in [7, 11) is 0. The summed E-state index contributed by atoms with van der Waals surface area (Å²) in [6, 6.07) is 53.1. The van der Waals surface area contributed by atoms with E-state index in [1.54, 1.807) is 0 Å². The van der Waals surface area contributed by atoms with Crippen LogP contribution in [0.2, 0.25) is 0 Å². The van der Waals surface area contributed by atoms with Gasteiger partial charge in [-0.15, -0.1) is 0 Å². The van der Waals surface area contributed by atoms with Gasteiger partial charge in [-0.2, -0.15) is 0 Å². The largest absolute Gasteiger partial charge is 0.456 e. The summed E-state index contributed by atoms with van der Waals surface area (Å²) in [5.41, 5.74) is 10.1. The molecule has 3 aromatic heterocycles. The van der Waals surface area contributed by atoms with Crippen LogP contribution in [-0.2, 0) is 0 Å². The number of para-hydroxylation sites is 1. The minimum Gasteiger partial charge on any atom is -0.456 e. The second kappa shape index (κ2) is 9.62. The van der Waals surface area contributed by atoms with Crippen LogP contribution in [0.25, 0.3) is 94.1 Å². The van der Waals surface area contributed by atoms with Gasteiger partial charge in [-0.25, -0.2) is 9.97 Å². The minimum atomic E-state index is 0.652. The Morgan fingerprint density at radius 2 is 1.09 bits per heavy atom. The molecule has 0 fully saturated rings. The summed E-state index contributed by atoms with van der Waals surface area (Å²) < 4.78 is 8.40. The van der Waals surface area contributed by atoms with Crippen molar-refractivity contribution < 1.29 is 4.42 Å². The van der Waals surface area contributed by atoms with E-state index in [-0.39, 0.29) is 0 Å². The van der Waals surface area contributed by atoms with Crippen molar-refractivity contribution in [2.24, 2.45) is 0 Å². The second-order valence-corrected chi connectivity index (χ2v) is 11.8. The predicted octanol–water partition coefficient (Wildman–Crippen LogP) is 11.1. The summed E-state index contributed by atoms with van der Waals surface area (Å²) in [6.07, 6.45) is 0. The van der Waals surface area contributed by atoms with E-state index in [0.29, 0.717) is 5.95 Å². The van der Waals surface area contributed by atoms with Crippen molar-refractivity contribution in [3.05, 3.63) is 152 Å². The normalized spacial score (nSPS) is 11.9. The van der Waals surface area contributed by atoms with Gasteiger partial charge in [-0.3, -0.25) is 4.57 Å². The molecule has 0 saturated carbocycles. The molecule has 0 saturated heterocycles. The van der Waals surface area contributed by atoms with Gasteiger partial charge in [0.2, 0.25) is 5.95 Å². The third-order valence-electron chi connectivity index (χ3n) is 9.16. The van der Waals surface area contributed by atoms with Crippen molar-refractivity contribution >= 4 is 54.5 Å². The first kappa shape index (κ1) is 25.1. The van der Waals surface area contributed by atoms with Crippen LogP contribution >= 0.6 is 0 Å². The molecule has 7 aromatic carbocycles. The average molecular weight is 588 g/mol. The molecular formula is C42H25N3O. The number of hydrogen-bond acceptors (Lipinski definition) is 3. The fraction of sp³-hybridized carbons (Fsp3) is 0. The van der Waals surface area contributed by atoms with Crippen molar-refractivity contribution in [1.82, 2.24) is 14.5 Å². The van der Waals surface area contributed by atoms with E-state index in [2.05, 4.69) is 132 Å². The van der Waals surface area contributed by atoms with E-state index in [4.69, 9.17) is 14.4 Å². The second-order valence-electron chi connectivity index (χ2n) is 11.8. The molecule has 4 nitrogen and oxygen atoms in total. The Morgan fingerprint density at radius 3 is 1.87 bits per heavy atom. The maximum Gasteiger partial charge on any atom is 0.235 e. The molecule has 0 N–H and O–H groups in total. The lowest BCUT2D eigenvalue weighted by atomic mass is 9.96. The lowest BCUT2D eigenvalue weighted by molar-refractivity contribution is 0.669. The first-order valence-corrected chi connectivity index (χ1v) is 15.5. The number of furan rings is 1. The Bertz CT molecular complexity index is 2680. The zero-order valence-electron chi connectivity index (χ0n) is 24.7. The summed E-state index contributed by atoms with van der Waals surface area (Å²) in [4.78, 5) is 10.5. The Balaban J connectivity index is 1.28. The molecular weight excluding hydrogens is 562 g/mol. The summed E-state index contributed by atoms with van der Waals surface area (Å²) in [6.45, 7) is 0. The molecule has 0 aliphatic heterocycles. The van der Waals surface area contributed by atoms with Gasteiger partial charge in [0.15, 0.2) is 0 Å². The Labute approximate surface area is 264 Å². The summed E-state index contributed by atoms with van der Waals surface area (Å²) >= 11 is 0. The lowest BCUT2D eigenvalue weighted by Crippen LogP contribution is -2.04. The lowest BCUT2D eigenvalue weighted by Gasteiger charge is -2.12. The third-order valence-corrected chi connectivity index (χ3v) is 9.16. The first-order chi connectivity index (χ1) is 22.8. The van der Waals surface area contributed by atoms with Crippen molar-refractivity contribution in [3.8, 4) is 39.6 Å². The molecule has 10 aromatic rings. The zero-order valence-corrected chi connectivity index (χ0v) is 24.7. The molecule has 0 aliphatic rings. The molecule has 0 radical (unpaired) electrons. The number of fused-ring (bicyclic) bond motifs is 3. The molecule has 0 amide bonds. The molecule has 214 valence electrons.